The van der Waals surface area contributed by atoms with Crippen LogP contribution in [0.25, 0.3) is 0 Å². The summed E-state index contributed by atoms with van der Waals surface area (Å²) in [5.74, 6) is 0.587. The third kappa shape index (κ3) is 2.18. The topological polar surface area (TPSA) is 41.1 Å². The van der Waals surface area contributed by atoms with Crippen LogP contribution < -0.4 is 10.6 Å². The van der Waals surface area contributed by atoms with Crippen molar-refractivity contribution in [2.24, 2.45) is 0 Å². The third-order valence-electron chi connectivity index (χ3n) is 2.84. The first-order valence-corrected chi connectivity index (χ1v) is 5.30. The van der Waals surface area contributed by atoms with Gasteiger partial charge in [-0.15, -0.1) is 0 Å². The Bertz CT molecular complexity index is 362. The number of rotatable bonds is 4. The van der Waals surface area contributed by atoms with E-state index in [0.29, 0.717) is 12.5 Å². The van der Waals surface area contributed by atoms with Crippen molar-refractivity contribution in [1.82, 2.24) is 10.6 Å². The van der Waals surface area contributed by atoms with Crippen LogP contribution in [0.3, 0.4) is 0 Å². The second kappa shape index (κ2) is 4.45. The van der Waals surface area contributed by atoms with E-state index >= 15 is 0 Å². The normalized spacial score (nSPS) is 17.8. The molecule has 1 aliphatic carbocycles. The Morgan fingerprint density at radius 1 is 1.47 bits per heavy atom. The number of likely N-dealkylation sites (N-methyl/N-ethyl adjacent to an activating group) is 1. The second-order valence-electron chi connectivity index (χ2n) is 3.93. The highest BCUT2D eigenvalue weighted by Crippen LogP contribution is 2.33. The molecule has 1 unspecified atom stereocenters. The van der Waals surface area contributed by atoms with Crippen LogP contribution in [0.4, 0.5) is 0 Å². The summed E-state index contributed by atoms with van der Waals surface area (Å²) in [5.41, 5.74) is 2.81. The largest absolute Gasteiger partial charge is 0.354 e. The van der Waals surface area contributed by atoms with Gasteiger partial charge in [0.1, 0.15) is 0 Å². The lowest BCUT2D eigenvalue weighted by Gasteiger charge is -2.30. The van der Waals surface area contributed by atoms with Crippen molar-refractivity contribution in [2.45, 2.75) is 12.3 Å². The van der Waals surface area contributed by atoms with Crippen molar-refractivity contribution in [2.75, 3.05) is 20.1 Å². The molecule has 0 spiro atoms. The molecule has 1 amide bonds. The molecule has 80 valence electrons. The Morgan fingerprint density at radius 2 is 2.27 bits per heavy atom. The first-order chi connectivity index (χ1) is 7.31. The highest BCUT2D eigenvalue weighted by Gasteiger charge is 2.25. The Kier molecular flexibility index (Phi) is 3.02. The van der Waals surface area contributed by atoms with E-state index < -0.39 is 0 Å². The number of carbonyl (C=O) groups is 1. The summed E-state index contributed by atoms with van der Waals surface area (Å²) in [7, 11) is 1.78. The van der Waals surface area contributed by atoms with E-state index in [9.17, 15) is 4.79 Å². The van der Waals surface area contributed by atoms with Gasteiger partial charge in [-0.1, -0.05) is 24.3 Å². The summed E-state index contributed by atoms with van der Waals surface area (Å²) >= 11 is 0. The van der Waals surface area contributed by atoms with Gasteiger partial charge in [-0.25, -0.2) is 0 Å². The minimum atomic E-state index is 0.0712. The molecule has 0 bridgehead atoms. The number of fused-ring (bicyclic) bond motifs is 1. The summed E-state index contributed by atoms with van der Waals surface area (Å²) in [6, 6.07) is 8.42. The van der Waals surface area contributed by atoms with Gasteiger partial charge in [0.25, 0.3) is 0 Å². The molecule has 0 aliphatic heterocycles. The zero-order valence-electron chi connectivity index (χ0n) is 8.92. The van der Waals surface area contributed by atoms with Gasteiger partial charge in [0, 0.05) is 12.5 Å². The van der Waals surface area contributed by atoms with E-state index in [-0.39, 0.29) is 5.91 Å². The van der Waals surface area contributed by atoms with E-state index in [0.717, 1.165) is 13.0 Å². The van der Waals surface area contributed by atoms with Crippen LogP contribution in [0.5, 0.6) is 0 Å². The predicted molar refractivity (Wildman–Crippen MR) is 59.8 cm³/mol. The molecule has 2 N–H and O–H groups in total. The van der Waals surface area contributed by atoms with E-state index in [1.807, 2.05) is 0 Å². The monoisotopic (exact) mass is 204 g/mol. The molecular weight excluding hydrogens is 188 g/mol. The lowest BCUT2D eigenvalue weighted by atomic mass is 9.77. The summed E-state index contributed by atoms with van der Waals surface area (Å²) in [6.45, 7) is 1.16. The van der Waals surface area contributed by atoms with Crippen LogP contribution >= 0.6 is 0 Å². The molecule has 2 rings (SSSR count). The lowest BCUT2D eigenvalue weighted by Crippen LogP contribution is -2.37. The summed E-state index contributed by atoms with van der Waals surface area (Å²) in [6.07, 6.45) is 1.09. The van der Waals surface area contributed by atoms with Crippen molar-refractivity contribution in [3.63, 3.8) is 0 Å². The number of amides is 1. The first-order valence-electron chi connectivity index (χ1n) is 5.30. The average Bonchev–Trinajstić information content (AvgIpc) is 2.20. The van der Waals surface area contributed by atoms with Crippen molar-refractivity contribution in [3.05, 3.63) is 35.4 Å². The van der Waals surface area contributed by atoms with E-state index in [1.54, 1.807) is 7.05 Å². The van der Waals surface area contributed by atoms with Crippen LogP contribution in [-0.4, -0.2) is 26.0 Å². The highest BCUT2D eigenvalue weighted by molar-refractivity contribution is 5.78. The number of benzene rings is 1. The van der Waals surface area contributed by atoms with E-state index in [2.05, 4.69) is 34.9 Å². The second-order valence-corrected chi connectivity index (χ2v) is 3.93. The highest BCUT2D eigenvalue weighted by atomic mass is 16.1. The number of nitrogens with one attached hydrogen (secondary N) is 2. The van der Waals surface area contributed by atoms with Gasteiger partial charge in [-0.3, -0.25) is 4.79 Å². The Labute approximate surface area is 89.9 Å². The third-order valence-corrected chi connectivity index (χ3v) is 2.84. The van der Waals surface area contributed by atoms with Crippen LogP contribution in [-0.2, 0) is 11.2 Å². The minimum Gasteiger partial charge on any atom is -0.354 e. The van der Waals surface area contributed by atoms with Crippen LogP contribution in [0, 0.1) is 0 Å². The number of hydrogen-bond donors (Lipinski definition) is 2. The van der Waals surface area contributed by atoms with E-state index in [1.165, 1.54) is 11.1 Å². The molecule has 0 fully saturated rings. The van der Waals surface area contributed by atoms with E-state index in [4.69, 9.17) is 0 Å². The fourth-order valence-electron chi connectivity index (χ4n) is 2.00. The maximum Gasteiger partial charge on any atom is 0.233 e. The summed E-state index contributed by atoms with van der Waals surface area (Å²) in [4.78, 5) is 11.2. The molecular formula is C12H16N2O. The SMILES string of the molecule is CNCC(=O)NCC1Cc2ccccc21. The van der Waals surface area contributed by atoms with Gasteiger partial charge in [-0.2, -0.15) is 0 Å². The maximum absolute atomic E-state index is 11.2. The molecule has 1 aliphatic rings. The molecule has 1 aromatic carbocycles. The number of carbonyl (C=O) groups excluding carboxylic acids is 1. The standard InChI is InChI=1S/C12H16N2O/c1-13-8-12(15)14-7-10-6-9-4-2-3-5-11(9)10/h2-5,10,13H,6-8H2,1H3,(H,14,15). The van der Waals surface area contributed by atoms with Crippen LogP contribution in [0.2, 0.25) is 0 Å². The molecule has 0 saturated carbocycles. The van der Waals surface area contributed by atoms with Crippen molar-refractivity contribution >= 4 is 5.91 Å². The van der Waals surface area contributed by atoms with Crippen LogP contribution in [0.1, 0.15) is 17.0 Å². The predicted octanol–water partition coefficient (Wildman–Crippen LogP) is 0.662. The van der Waals surface area contributed by atoms with Crippen molar-refractivity contribution in [1.29, 1.82) is 0 Å². The lowest BCUT2D eigenvalue weighted by molar-refractivity contribution is -0.120. The molecule has 0 saturated heterocycles. The Balaban J connectivity index is 1.82. The molecule has 3 nitrogen and oxygen atoms in total. The number of hydrogen-bond acceptors (Lipinski definition) is 2. The van der Waals surface area contributed by atoms with Gasteiger partial charge >= 0.3 is 0 Å². The van der Waals surface area contributed by atoms with Gasteiger partial charge in [0.15, 0.2) is 0 Å². The Hall–Kier alpha value is -1.35. The summed E-state index contributed by atoms with van der Waals surface area (Å²) in [5, 5.41) is 5.76. The molecule has 1 aromatic rings. The zero-order valence-corrected chi connectivity index (χ0v) is 8.92. The fraction of sp³-hybridized carbons (Fsp3) is 0.417. The van der Waals surface area contributed by atoms with Crippen molar-refractivity contribution in [3.8, 4) is 0 Å². The van der Waals surface area contributed by atoms with Crippen LogP contribution in [0.15, 0.2) is 24.3 Å². The Morgan fingerprint density at radius 3 is 3.00 bits per heavy atom. The van der Waals surface area contributed by atoms with Gasteiger partial charge in [0.05, 0.1) is 6.54 Å². The quantitative estimate of drug-likeness (QED) is 0.756. The maximum atomic E-state index is 11.2. The fourth-order valence-corrected chi connectivity index (χ4v) is 2.00. The molecule has 0 heterocycles. The first kappa shape index (κ1) is 10.2. The van der Waals surface area contributed by atoms with Crippen molar-refractivity contribution < 1.29 is 4.79 Å². The minimum absolute atomic E-state index is 0.0712. The van der Waals surface area contributed by atoms with Gasteiger partial charge < -0.3 is 10.6 Å². The molecule has 0 aromatic heterocycles. The smallest absolute Gasteiger partial charge is 0.233 e. The average molecular weight is 204 g/mol. The molecule has 3 heteroatoms. The van der Waals surface area contributed by atoms with Gasteiger partial charge in [0.2, 0.25) is 5.91 Å². The molecule has 0 radical (unpaired) electrons. The molecule has 15 heavy (non-hydrogen) atoms. The zero-order chi connectivity index (χ0) is 10.7. The van der Waals surface area contributed by atoms with Gasteiger partial charge in [-0.05, 0) is 24.6 Å². The summed E-state index contributed by atoms with van der Waals surface area (Å²) < 4.78 is 0. The molecule has 1 atom stereocenters.